The SMILES string of the molecule is Cc1ccoc1C(=O)OC(=O)c1occc1C. The van der Waals surface area contributed by atoms with Crippen LogP contribution in [-0.2, 0) is 4.74 Å². The van der Waals surface area contributed by atoms with Crippen molar-refractivity contribution < 1.29 is 23.2 Å². The van der Waals surface area contributed by atoms with Crippen molar-refractivity contribution in [3.63, 3.8) is 0 Å². The predicted molar refractivity (Wildman–Crippen MR) is 56.6 cm³/mol. The normalized spacial score (nSPS) is 10.2. The molecule has 2 aromatic rings. The van der Waals surface area contributed by atoms with E-state index in [0.717, 1.165) is 0 Å². The molecule has 0 radical (unpaired) electrons. The fraction of sp³-hybridized carbons (Fsp3) is 0.167. The highest BCUT2D eigenvalue weighted by atomic mass is 16.6. The third kappa shape index (κ3) is 2.13. The summed E-state index contributed by atoms with van der Waals surface area (Å²) < 4.78 is 14.5. The molecule has 0 saturated heterocycles. The highest BCUT2D eigenvalue weighted by Crippen LogP contribution is 2.14. The average molecular weight is 234 g/mol. The lowest BCUT2D eigenvalue weighted by molar-refractivity contribution is 0.0353. The summed E-state index contributed by atoms with van der Waals surface area (Å²) in [5.74, 6) is -1.62. The number of carbonyl (C=O) groups is 2. The van der Waals surface area contributed by atoms with Crippen molar-refractivity contribution in [1.29, 1.82) is 0 Å². The first-order valence-corrected chi connectivity index (χ1v) is 4.94. The highest BCUT2D eigenvalue weighted by Gasteiger charge is 2.22. The van der Waals surface area contributed by atoms with Gasteiger partial charge in [-0.15, -0.1) is 0 Å². The zero-order valence-corrected chi connectivity index (χ0v) is 9.35. The number of carbonyl (C=O) groups excluding carboxylic acids is 2. The van der Waals surface area contributed by atoms with E-state index in [4.69, 9.17) is 8.83 Å². The van der Waals surface area contributed by atoms with Crippen LogP contribution in [0.25, 0.3) is 0 Å². The molecule has 0 aliphatic heterocycles. The molecule has 2 heterocycles. The number of furan rings is 2. The van der Waals surface area contributed by atoms with Gasteiger partial charge in [-0.25, -0.2) is 9.59 Å². The molecule has 0 fully saturated rings. The van der Waals surface area contributed by atoms with E-state index in [0.29, 0.717) is 11.1 Å². The van der Waals surface area contributed by atoms with E-state index in [-0.39, 0.29) is 11.5 Å². The van der Waals surface area contributed by atoms with Gasteiger partial charge in [0.2, 0.25) is 11.5 Å². The highest BCUT2D eigenvalue weighted by molar-refractivity contribution is 6.01. The fourth-order valence-corrected chi connectivity index (χ4v) is 1.34. The quantitative estimate of drug-likeness (QED) is 0.589. The molecule has 0 aliphatic rings. The van der Waals surface area contributed by atoms with Crippen molar-refractivity contribution in [2.45, 2.75) is 13.8 Å². The van der Waals surface area contributed by atoms with Crippen molar-refractivity contribution in [3.05, 3.63) is 47.3 Å². The van der Waals surface area contributed by atoms with Gasteiger partial charge >= 0.3 is 11.9 Å². The molecule has 0 aliphatic carbocycles. The molecule has 0 saturated carbocycles. The Balaban J connectivity index is 2.13. The van der Waals surface area contributed by atoms with Gasteiger partial charge in [0.05, 0.1) is 12.5 Å². The van der Waals surface area contributed by atoms with Crippen LogP contribution < -0.4 is 0 Å². The lowest BCUT2D eigenvalue weighted by Gasteiger charge is -2.00. The molecule has 0 N–H and O–H groups in total. The van der Waals surface area contributed by atoms with E-state index in [1.54, 1.807) is 26.0 Å². The summed E-state index contributed by atoms with van der Waals surface area (Å²) >= 11 is 0. The van der Waals surface area contributed by atoms with Gasteiger partial charge < -0.3 is 13.6 Å². The summed E-state index contributed by atoms with van der Waals surface area (Å²) in [6, 6.07) is 3.22. The maximum Gasteiger partial charge on any atom is 0.382 e. The van der Waals surface area contributed by atoms with Crippen LogP contribution in [0.1, 0.15) is 32.2 Å². The molecule has 2 rings (SSSR count). The molecule has 0 spiro atoms. The Morgan fingerprint density at radius 1 is 0.941 bits per heavy atom. The summed E-state index contributed by atoms with van der Waals surface area (Å²) in [6.45, 7) is 3.37. The van der Waals surface area contributed by atoms with Crippen LogP contribution in [0.2, 0.25) is 0 Å². The van der Waals surface area contributed by atoms with Crippen molar-refractivity contribution in [3.8, 4) is 0 Å². The van der Waals surface area contributed by atoms with Crippen molar-refractivity contribution in [1.82, 2.24) is 0 Å². The van der Waals surface area contributed by atoms with Crippen molar-refractivity contribution in [2.24, 2.45) is 0 Å². The van der Waals surface area contributed by atoms with Gasteiger partial charge in [-0.2, -0.15) is 0 Å². The lowest BCUT2D eigenvalue weighted by Crippen LogP contribution is -2.13. The molecular weight excluding hydrogens is 224 g/mol. The summed E-state index contributed by atoms with van der Waals surface area (Å²) in [7, 11) is 0. The second-order valence-corrected chi connectivity index (χ2v) is 3.54. The predicted octanol–water partition coefficient (Wildman–Crippen LogP) is 2.49. The Kier molecular flexibility index (Phi) is 2.82. The van der Waals surface area contributed by atoms with Gasteiger partial charge in [-0.1, -0.05) is 0 Å². The first-order chi connectivity index (χ1) is 8.09. The molecule has 0 bridgehead atoms. The monoisotopic (exact) mass is 234 g/mol. The van der Waals surface area contributed by atoms with E-state index in [9.17, 15) is 9.59 Å². The van der Waals surface area contributed by atoms with Crippen LogP contribution in [0.3, 0.4) is 0 Å². The molecule has 88 valence electrons. The van der Waals surface area contributed by atoms with Gasteiger partial charge in [0.25, 0.3) is 0 Å². The Labute approximate surface area is 97.0 Å². The zero-order valence-electron chi connectivity index (χ0n) is 9.35. The van der Waals surface area contributed by atoms with Crippen LogP contribution in [0.4, 0.5) is 0 Å². The van der Waals surface area contributed by atoms with E-state index in [1.807, 2.05) is 0 Å². The Bertz CT molecular complexity index is 511. The minimum atomic E-state index is -0.826. The Morgan fingerprint density at radius 3 is 1.65 bits per heavy atom. The van der Waals surface area contributed by atoms with Gasteiger partial charge in [0.15, 0.2) is 0 Å². The van der Waals surface area contributed by atoms with Crippen LogP contribution in [0, 0.1) is 13.8 Å². The van der Waals surface area contributed by atoms with Crippen molar-refractivity contribution >= 4 is 11.9 Å². The molecule has 2 aromatic heterocycles. The third-order valence-corrected chi connectivity index (χ3v) is 2.28. The minimum Gasteiger partial charge on any atom is -0.457 e. The molecule has 17 heavy (non-hydrogen) atoms. The number of esters is 2. The number of hydrogen-bond acceptors (Lipinski definition) is 5. The number of aryl methyl sites for hydroxylation is 2. The molecule has 0 aromatic carbocycles. The third-order valence-electron chi connectivity index (χ3n) is 2.28. The van der Waals surface area contributed by atoms with E-state index in [2.05, 4.69) is 4.74 Å². The first kappa shape index (κ1) is 11.2. The maximum absolute atomic E-state index is 11.6. The Morgan fingerprint density at radius 2 is 1.35 bits per heavy atom. The second-order valence-electron chi connectivity index (χ2n) is 3.54. The van der Waals surface area contributed by atoms with E-state index >= 15 is 0 Å². The molecule has 0 amide bonds. The van der Waals surface area contributed by atoms with Gasteiger partial charge in [-0.05, 0) is 26.0 Å². The summed E-state index contributed by atoms with van der Waals surface area (Å²) in [5.41, 5.74) is 1.22. The van der Waals surface area contributed by atoms with Gasteiger partial charge in [0.1, 0.15) is 0 Å². The van der Waals surface area contributed by atoms with Gasteiger partial charge in [0, 0.05) is 11.1 Å². The summed E-state index contributed by atoms with van der Waals surface area (Å²) in [6.07, 6.45) is 2.71. The maximum atomic E-state index is 11.6. The largest absolute Gasteiger partial charge is 0.457 e. The minimum absolute atomic E-state index is 0.0163. The van der Waals surface area contributed by atoms with Crippen molar-refractivity contribution in [2.75, 3.05) is 0 Å². The molecular formula is C12H10O5. The fourth-order valence-electron chi connectivity index (χ4n) is 1.34. The van der Waals surface area contributed by atoms with E-state index in [1.165, 1.54) is 12.5 Å². The average Bonchev–Trinajstić information content (AvgIpc) is 2.86. The van der Waals surface area contributed by atoms with E-state index < -0.39 is 11.9 Å². The summed E-state index contributed by atoms with van der Waals surface area (Å²) in [5, 5.41) is 0. The lowest BCUT2D eigenvalue weighted by atomic mass is 10.3. The van der Waals surface area contributed by atoms with Crippen LogP contribution in [-0.4, -0.2) is 11.9 Å². The molecule has 5 heteroatoms. The molecule has 5 nitrogen and oxygen atoms in total. The zero-order chi connectivity index (χ0) is 12.4. The Hall–Kier alpha value is -2.30. The molecule has 0 unspecified atom stereocenters. The molecule has 0 atom stereocenters. The second kappa shape index (κ2) is 4.29. The van der Waals surface area contributed by atoms with Crippen LogP contribution in [0.15, 0.2) is 33.5 Å². The number of ether oxygens (including phenoxy) is 1. The topological polar surface area (TPSA) is 69.7 Å². The van der Waals surface area contributed by atoms with Gasteiger partial charge in [-0.3, -0.25) is 0 Å². The first-order valence-electron chi connectivity index (χ1n) is 4.94. The summed E-state index contributed by atoms with van der Waals surface area (Å²) in [4.78, 5) is 23.1. The van der Waals surface area contributed by atoms with Crippen LogP contribution in [0.5, 0.6) is 0 Å². The van der Waals surface area contributed by atoms with Crippen LogP contribution >= 0.6 is 0 Å². The number of rotatable bonds is 2. The smallest absolute Gasteiger partial charge is 0.382 e. The standard InChI is InChI=1S/C12H10O5/c1-7-3-5-15-9(7)11(13)17-12(14)10-8(2)4-6-16-10/h3-6H,1-2H3. The number of hydrogen-bond donors (Lipinski definition) is 0.